The van der Waals surface area contributed by atoms with Crippen molar-refractivity contribution in [3.8, 4) is 17.2 Å². The molecule has 4 aromatic rings. The van der Waals surface area contributed by atoms with Crippen LogP contribution in [-0.4, -0.2) is 47.3 Å². The van der Waals surface area contributed by atoms with E-state index in [2.05, 4.69) is 43.3 Å². The highest BCUT2D eigenvalue weighted by molar-refractivity contribution is 6.04. The molecule has 0 aliphatic rings. The molecular weight excluding hydrogens is 396 g/mol. The van der Waals surface area contributed by atoms with Crippen molar-refractivity contribution in [1.82, 2.24) is 19.7 Å². The second-order valence-corrected chi connectivity index (χ2v) is 6.81. The van der Waals surface area contributed by atoms with Gasteiger partial charge in [0.05, 0.1) is 33.1 Å². The zero-order valence-corrected chi connectivity index (χ0v) is 17.9. The number of aromatic nitrogens is 4. The fourth-order valence-electron chi connectivity index (χ4n) is 3.54. The number of nitrogens with one attached hydrogen (secondary N) is 1. The van der Waals surface area contributed by atoms with Gasteiger partial charge in [0.25, 0.3) is 5.95 Å². The van der Waals surface area contributed by atoms with Gasteiger partial charge in [0.15, 0.2) is 17.1 Å². The van der Waals surface area contributed by atoms with Gasteiger partial charge in [-0.15, -0.1) is 10.2 Å². The molecular formula is C22H24N6O3. The minimum absolute atomic E-state index is 0.316. The van der Waals surface area contributed by atoms with E-state index in [1.807, 2.05) is 18.2 Å². The third-order valence-electron chi connectivity index (χ3n) is 4.89. The second-order valence-electron chi connectivity index (χ2n) is 6.81. The van der Waals surface area contributed by atoms with Gasteiger partial charge in [-0.2, -0.15) is 10.1 Å². The van der Waals surface area contributed by atoms with E-state index in [9.17, 15) is 0 Å². The van der Waals surface area contributed by atoms with Crippen molar-refractivity contribution in [2.75, 3.05) is 26.8 Å². The van der Waals surface area contributed by atoms with Crippen molar-refractivity contribution >= 4 is 34.2 Å². The number of hydrogen-bond donors (Lipinski definition) is 1. The van der Waals surface area contributed by atoms with Crippen LogP contribution in [0.25, 0.3) is 22.1 Å². The SMILES string of the molecule is CCCn1c2ccccc2c2nnc(N/N=C/c3cc(OC)c(OC)c(OC)c3)nc21. The van der Waals surface area contributed by atoms with E-state index in [0.29, 0.717) is 23.2 Å². The summed E-state index contributed by atoms with van der Waals surface area (Å²) in [5, 5.41) is 13.9. The smallest absolute Gasteiger partial charge is 0.265 e. The summed E-state index contributed by atoms with van der Waals surface area (Å²) in [6, 6.07) is 11.7. The molecule has 9 nitrogen and oxygen atoms in total. The Labute approximate surface area is 179 Å². The molecule has 0 atom stereocenters. The Hall–Kier alpha value is -3.88. The predicted molar refractivity (Wildman–Crippen MR) is 120 cm³/mol. The van der Waals surface area contributed by atoms with Crippen molar-refractivity contribution in [3.63, 3.8) is 0 Å². The number of fused-ring (bicyclic) bond motifs is 3. The third kappa shape index (κ3) is 3.81. The normalized spacial score (nSPS) is 11.4. The molecule has 0 unspecified atom stereocenters. The summed E-state index contributed by atoms with van der Waals surface area (Å²) in [5.41, 5.74) is 6.28. The summed E-state index contributed by atoms with van der Waals surface area (Å²) in [5.74, 6) is 1.94. The zero-order valence-electron chi connectivity index (χ0n) is 17.9. The molecule has 4 rings (SSSR count). The molecule has 0 aliphatic heterocycles. The lowest BCUT2D eigenvalue weighted by atomic mass is 10.2. The van der Waals surface area contributed by atoms with Gasteiger partial charge in [0.1, 0.15) is 5.52 Å². The zero-order chi connectivity index (χ0) is 21.8. The quantitative estimate of drug-likeness (QED) is 0.341. The van der Waals surface area contributed by atoms with Crippen LogP contribution in [0, 0.1) is 0 Å². The van der Waals surface area contributed by atoms with Gasteiger partial charge in [-0.3, -0.25) is 0 Å². The number of aryl methyl sites for hydroxylation is 1. The number of rotatable bonds is 8. The van der Waals surface area contributed by atoms with Gasteiger partial charge in [0.2, 0.25) is 5.75 Å². The summed E-state index contributed by atoms with van der Waals surface area (Å²) in [6.45, 7) is 2.98. The highest BCUT2D eigenvalue weighted by Gasteiger charge is 2.14. The number of anilines is 1. The Kier molecular flexibility index (Phi) is 5.83. The number of para-hydroxylation sites is 1. The van der Waals surface area contributed by atoms with Crippen LogP contribution in [0.1, 0.15) is 18.9 Å². The minimum atomic E-state index is 0.316. The van der Waals surface area contributed by atoms with E-state index in [-0.39, 0.29) is 0 Å². The van der Waals surface area contributed by atoms with Gasteiger partial charge in [-0.05, 0) is 24.6 Å². The van der Waals surface area contributed by atoms with Crippen LogP contribution in [0.5, 0.6) is 17.2 Å². The van der Waals surface area contributed by atoms with Crippen molar-refractivity contribution in [1.29, 1.82) is 0 Å². The maximum Gasteiger partial charge on any atom is 0.265 e. The summed E-state index contributed by atoms with van der Waals surface area (Å²) in [6.07, 6.45) is 2.61. The molecule has 9 heteroatoms. The topological polar surface area (TPSA) is 95.7 Å². The monoisotopic (exact) mass is 420 g/mol. The van der Waals surface area contributed by atoms with Crippen LogP contribution in [0.2, 0.25) is 0 Å². The Bertz CT molecular complexity index is 1230. The first-order chi connectivity index (χ1) is 15.2. The highest BCUT2D eigenvalue weighted by atomic mass is 16.5. The summed E-state index contributed by atoms with van der Waals surface area (Å²) in [7, 11) is 4.70. The molecule has 0 amide bonds. The Balaban J connectivity index is 1.64. The Morgan fingerprint density at radius 3 is 2.45 bits per heavy atom. The first kappa shape index (κ1) is 20.4. The fraction of sp³-hybridized carbons (Fsp3) is 0.273. The first-order valence-electron chi connectivity index (χ1n) is 9.90. The van der Waals surface area contributed by atoms with Crippen LogP contribution < -0.4 is 19.6 Å². The number of nitrogens with zero attached hydrogens (tertiary/aromatic N) is 5. The molecule has 0 fully saturated rings. The average Bonchev–Trinajstić information content (AvgIpc) is 3.11. The van der Waals surface area contributed by atoms with Gasteiger partial charge in [-0.1, -0.05) is 25.1 Å². The van der Waals surface area contributed by atoms with Crippen molar-refractivity contribution < 1.29 is 14.2 Å². The molecule has 0 aliphatic carbocycles. The molecule has 0 radical (unpaired) electrons. The molecule has 0 saturated carbocycles. The molecule has 0 bridgehead atoms. The van der Waals surface area contributed by atoms with E-state index < -0.39 is 0 Å². The molecule has 1 N–H and O–H groups in total. The summed E-state index contributed by atoms with van der Waals surface area (Å²) >= 11 is 0. The van der Waals surface area contributed by atoms with E-state index in [4.69, 9.17) is 14.2 Å². The van der Waals surface area contributed by atoms with Gasteiger partial charge in [-0.25, -0.2) is 5.43 Å². The number of methoxy groups -OCH3 is 3. The van der Waals surface area contributed by atoms with Crippen molar-refractivity contribution in [2.45, 2.75) is 19.9 Å². The average molecular weight is 420 g/mol. The van der Waals surface area contributed by atoms with Gasteiger partial charge < -0.3 is 18.8 Å². The number of ether oxygens (including phenoxy) is 3. The van der Waals surface area contributed by atoms with Gasteiger partial charge in [0, 0.05) is 17.5 Å². The van der Waals surface area contributed by atoms with E-state index in [1.165, 1.54) is 0 Å². The third-order valence-corrected chi connectivity index (χ3v) is 4.89. The standard InChI is InChI=1S/C22H24N6O3/c1-5-10-28-16-9-7-6-8-15(16)19-21(28)24-22(27-25-19)26-23-13-14-11-17(29-2)20(31-4)18(12-14)30-3/h6-9,11-13H,5,10H2,1-4H3,(H,24,26,27)/b23-13+. The highest BCUT2D eigenvalue weighted by Crippen LogP contribution is 2.37. The largest absolute Gasteiger partial charge is 0.493 e. The fourth-order valence-corrected chi connectivity index (χ4v) is 3.54. The predicted octanol–water partition coefficient (Wildman–Crippen LogP) is 3.86. The molecule has 160 valence electrons. The lowest BCUT2D eigenvalue weighted by molar-refractivity contribution is 0.324. The minimum Gasteiger partial charge on any atom is -0.493 e. The van der Waals surface area contributed by atoms with Crippen molar-refractivity contribution in [3.05, 3.63) is 42.0 Å². The lowest BCUT2D eigenvalue weighted by Gasteiger charge is -2.12. The van der Waals surface area contributed by atoms with Crippen LogP contribution in [0.3, 0.4) is 0 Å². The molecule has 2 aromatic carbocycles. The molecule has 2 aromatic heterocycles. The van der Waals surface area contributed by atoms with Crippen LogP contribution in [0.15, 0.2) is 41.5 Å². The summed E-state index contributed by atoms with van der Waals surface area (Å²) < 4.78 is 18.2. The van der Waals surface area contributed by atoms with Crippen LogP contribution in [-0.2, 0) is 6.54 Å². The molecule has 0 saturated heterocycles. The van der Waals surface area contributed by atoms with Crippen LogP contribution in [0.4, 0.5) is 5.95 Å². The van der Waals surface area contributed by atoms with Gasteiger partial charge >= 0.3 is 0 Å². The number of hydrogen-bond acceptors (Lipinski definition) is 8. The Morgan fingerprint density at radius 2 is 1.77 bits per heavy atom. The second kappa shape index (κ2) is 8.86. The molecule has 0 spiro atoms. The first-order valence-corrected chi connectivity index (χ1v) is 9.90. The summed E-state index contributed by atoms with van der Waals surface area (Å²) in [4.78, 5) is 4.65. The van der Waals surface area contributed by atoms with Crippen LogP contribution >= 0.6 is 0 Å². The maximum atomic E-state index is 5.37. The van der Waals surface area contributed by atoms with E-state index in [0.717, 1.165) is 40.6 Å². The Morgan fingerprint density at radius 1 is 1.03 bits per heavy atom. The van der Waals surface area contributed by atoms with Crippen molar-refractivity contribution in [2.24, 2.45) is 5.10 Å². The molecule has 31 heavy (non-hydrogen) atoms. The van der Waals surface area contributed by atoms with E-state index >= 15 is 0 Å². The molecule has 2 heterocycles. The number of hydrazone groups is 1. The number of benzene rings is 2. The maximum absolute atomic E-state index is 5.37. The van der Waals surface area contributed by atoms with E-state index in [1.54, 1.807) is 39.7 Å². The lowest BCUT2D eigenvalue weighted by Crippen LogP contribution is -2.03.